The number of amides is 1. The molecule has 0 saturated heterocycles. The van der Waals surface area contributed by atoms with Crippen molar-refractivity contribution < 1.29 is 23.1 Å². The van der Waals surface area contributed by atoms with Crippen LogP contribution in [0.25, 0.3) is 0 Å². The predicted molar refractivity (Wildman–Crippen MR) is 60.0 cm³/mol. The lowest BCUT2D eigenvalue weighted by atomic mass is 10.0. The van der Waals surface area contributed by atoms with Gasteiger partial charge in [0.2, 0.25) is 5.91 Å². The van der Waals surface area contributed by atoms with E-state index in [0.717, 1.165) is 14.0 Å². The Kier molecular flexibility index (Phi) is 4.36. The van der Waals surface area contributed by atoms with Gasteiger partial charge in [-0.25, -0.2) is 4.79 Å². The molecular weight excluding hydrogens is 244 g/mol. The Balaban J connectivity index is 3.10. The maximum absolute atomic E-state index is 14.1. The standard InChI is InChI=1S/C12H13F2NO3/c1-8(16)15-10(11(17)18-2)12(13,14)9-6-4-3-5-7-9/h3-7,10H,1-2H3,(H,15,16)/t10-/m0/s1. The summed E-state index contributed by atoms with van der Waals surface area (Å²) in [5.41, 5.74) is -0.367. The van der Waals surface area contributed by atoms with Crippen LogP contribution in [0, 0.1) is 0 Å². The number of ether oxygens (including phenoxy) is 1. The van der Waals surface area contributed by atoms with Gasteiger partial charge in [0, 0.05) is 12.5 Å². The summed E-state index contributed by atoms with van der Waals surface area (Å²) in [6.45, 7) is 1.05. The van der Waals surface area contributed by atoms with Crippen LogP contribution < -0.4 is 5.32 Å². The summed E-state index contributed by atoms with van der Waals surface area (Å²) in [4.78, 5) is 22.3. The molecular formula is C12H13F2NO3. The number of benzene rings is 1. The fourth-order valence-corrected chi connectivity index (χ4v) is 1.45. The van der Waals surface area contributed by atoms with E-state index in [0.29, 0.717) is 0 Å². The summed E-state index contributed by atoms with van der Waals surface area (Å²) in [6, 6.07) is 4.74. The average molecular weight is 257 g/mol. The van der Waals surface area contributed by atoms with E-state index in [-0.39, 0.29) is 5.56 Å². The van der Waals surface area contributed by atoms with Crippen molar-refractivity contribution in [3.8, 4) is 0 Å². The highest BCUT2D eigenvalue weighted by Gasteiger charge is 2.47. The van der Waals surface area contributed by atoms with Crippen molar-refractivity contribution in [1.29, 1.82) is 0 Å². The summed E-state index contributed by atoms with van der Waals surface area (Å²) in [7, 11) is 0.984. The van der Waals surface area contributed by atoms with Crippen LogP contribution in [0.1, 0.15) is 12.5 Å². The third-order valence-corrected chi connectivity index (χ3v) is 2.31. The van der Waals surface area contributed by atoms with Gasteiger partial charge in [-0.15, -0.1) is 0 Å². The molecule has 0 fully saturated rings. The smallest absolute Gasteiger partial charge is 0.335 e. The van der Waals surface area contributed by atoms with Crippen molar-refractivity contribution in [2.75, 3.05) is 7.11 Å². The number of carbonyl (C=O) groups is 2. The van der Waals surface area contributed by atoms with Crippen LogP contribution in [0.2, 0.25) is 0 Å². The summed E-state index contributed by atoms with van der Waals surface area (Å²) in [5, 5.41) is 1.91. The molecule has 1 atom stereocenters. The highest BCUT2D eigenvalue weighted by atomic mass is 19.3. The molecule has 1 aromatic rings. The van der Waals surface area contributed by atoms with Crippen molar-refractivity contribution in [2.45, 2.75) is 18.9 Å². The van der Waals surface area contributed by atoms with Crippen LogP contribution >= 0.6 is 0 Å². The Bertz CT molecular complexity index is 434. The molecule has 0 aliphatic rings. The zero-order valence-electron chi connectivity index (χ0n) is 9.94. The van der Waals surface area contributed by atoms with Crippen molar-refractivity contribution in [1.82, 2.24) is 5.32 Å². The first-order valence-electron chi connectivity index (χ1n) is 5.18. The van der Waals surface area contributed by atoms with Crippen molar-refractivity contribution >= 4 is 11.9 Å². The molecule has 0 heterocycles. The molecule has 1 aromatic carbocycles. The number of methoxy groups -OCH3 is 1. The first-order chi connectivity index (χ1) is 8.39. The van der Waals surface area contributed by atoms with Crippen LogP contribution in [-0.2, 0) is 20.2 Å². The van der Waals surface area contributed by atoms with Gasteiger partial charge in [-0.05, 0) is 0 Å². The number of alkyl halides is 2. The molecule has 0 unspecified atom stereocenters. The first-order valence-corrected chi connectivity index (χ1v) is 5.18. The Labute approximate surface area is 103 Å². The summed E-state index contributed by atoms with van der Waals surface area (Å²) in [6.07, 6.45) is 0. The number of carbonyl (C=O) groups excluding carboxylic acids is 2. The summed E-state index contributed by atoms with van der Waals surface area (Å²) >= 11 is 0. The average Bonchev–Trinajstić information content (AvgIpc) is 2.35. The van der Waals surface area contributed by atoms with Crippen molar-refractivity contribution in [2.24, 2.45) is 0 Å². The topological polar surface area (TPSA) is 55.4 Å². The Morgan fingerprint density at radius 3 is 2.28 bits per heavy atom. The monoisotopic (exact) mass is 257 g/mol. The van der Waals surface area contributed by atoms with Crippen LogP contribution in [-0.4, -0.2) is 25.0 Å². The van der Waals surface area contributed by atoms with Gasteiger partial charge in [0.1, 0.15) is 0 Å². The molecule has 4 nitrogen and oxygen atoms in total. The maximum Gasteiger partial charge on any atom is 0.335 e. The zero-order chi connectivity index (χ0) is 13.8. The number of esters is 1. The minimum absolute atomic E-state index is 0.367. The van der Waals surface area contributed by atoms with E-state index < -0.39 is 23.8 Å². The molecule has 0 spiro atoms. The van der Waals surface area contributed by atoms with Crippen molar-refractivity contribution in [3.05, 3.63) is 35.9 Å². The second kappa shape index (κ2) is 5.57. The summed E-state index contributed by atoms with van der Waals surface area (Å²) < 4.78 is 32.5. The number of nitrogens with one attached hydrogen (secondary N) is 1. The van der Waals surface area contributed by atoms with Gasteiger partial charge in [0.25, 0.3) is 0 Å². The molecule has 1 N–H and O–H groups in total. The zero-order valence-corrected chi connectivity index (χ0v) is 9.94. The highest BCUT2D eigenvalue weighted by molar-refractivity contribution is 5.84. The summed E-state index contributed by atoms with van der Waals surface area (Å²) in [5.74, 6) is -5.47. The molecule has 0 aliphatic heterocycles. The Hall–Kier alpha value is -1.98. The third-order valence-electron chi connectivity index (χ3n) is 2.31. The number of hydrogen-bond acceptors (Lipinski definition) is 3. The van der Waals surface area contributed by atoms with Crippen molar-refractivity contribution in [3.63, 3.8) is 0 Å². The molecule has 98 valence electrons. The second-order valence-electron chi connectivity index (χ2n) is 3.65. The number of hydrogen-bond donors (Lipinski definition) is 1. The van der Waals surface area contributed by atoms with Crippen LogP contribution in [0.4, 0.5) is 8.78 Å². The molecule has 6 heteroatoms. The minimum Gasteiger partial charge on any atom is -0.467 e. The SMILES string of the molecule is COC(=O)[C@H](NC(C)=O)C(F)(F)c1ccccc1. The predicted octanol–water partition coefficient (Wildman–Crippen LogP) is 1.46. The molecule has 0 bridgehead atoms. The molecule has 0 aliphatic carbocycles. The Morgan fingerprint density at radius 2 is 1.83 bits per heavy atom. The lowest BCUT2D eigenvalue weighted by Gasteiger charge is -2.25. The van der Waals surface area contributed by atoms with Crippen LogP contribution in [0.15, 0.2) is 30.3 Å². The van der Waals surface area contributed by atoms with E-state index in [4.69, 9.17) is 0 Å². The Morgan fingerprint density at radius 1 is 1.28 bits per heavy atom. The van der Waals surface area contributed by atoms with Gasteiger partial charge in [0.15, 0.2) is 6.04 Å². The van der Waals surface area contributed by atoms with E-state index >= 15 is 0 Å². The van der Waals surface area contributed by atoms with Crippen LogP contribution in [0.5, 0.6) is 0 Å². The normalized spacial score (nSPS) is 12.7. The third kappa shape index (κ3) is 3.03. The first kappa shape index (κ1) is 14.1. The fraction of sp³-hybridized carbons (Fsp3) is 0.333. The van der Waals surface area contributed by atoms with E-state index in [2.05, 4.69) is 4.74 Å². The lowest BCUT2D eigenvalue weighted by Crippen LogP contribution is -2.51. The number of halogens is 2. The van der Waals surface area contributed by atoms with Gasteiger partial charge < -0.3 is 10.1 Å². The van der Waals surface area contributed by atoms with Crippen LogP contribution in [0.3, 0.4) is 0 Å². The van der Waals surface area contributed by atoms with E-state index in [1.165, 1.54) is 24.3 Å². The van der Waals surface area contributed by atoms with Gasteiger partial charge in [0.05, 0.1) is 7.11 Å². The second-order valence-corrected chi connectivity index (χ2v) is 3.65. The molecule has 0 saturated carbocycles. The molecule has 1 rings (SSSR count). The maximum atomic E-state index is 14.1. The molecule has 0 radical (unpaired) electrons. The minimum atomic E-state index is -3.54. The highest BCUT2D eigenvalue weighted by Crippen LogP contribution is 2.32. The molecule has 1 amide bonds. The van der Waals surface area contributed by atoms with Gasteiger partial charge in [-0.2, -0.15) is 8.78 Å². The van der Waals surface area contributed by atoms with E-state index in [9.17, 15) is 18.4 Å². The number of rotatable bonds is 4. The quantitative estimate of drug-likeness (QED) is 0.831. The van der Waals surface area contributed by atoms with Gasteiger partial charge in [-0.1, -0.05) is 30.3 Å². The molecule has 18 heavy (non-hydrogen) atoms. The van der Waals surface area contributed by atoms with Gasteiger partial charge in [-0.3, -0.25) is 4.79 Å². The van der Waals surface area contributed by atoms with E-state index in [1.807, 2.05) is 5.32 Å². The lowest BCUT2D eigenvalue weighted by molar-refractivity contribution is -0.158. The molecule has 0 aromatic heterocycles. The largest absolute Gasteiger partial charge is 0.467 e. The van der Waals surface area contributed by atoms with E-state index in [1.54, 1.807) is 6.07 Å². The fourth-order valence-electron chi connectivity index (χ4n) is 1.45. The van der Waals surface area contributed by atoms with Gasteiger partial charge >= 0.3 is 11.9 Å².